The summed E-state index contributed by atoms with van der Waals surface area (Å²) in [5.41, 5.74) is 0.464. The summed E-state index contributed by atoms with van der Waals surface area (Å²) in [7, 11) is 0. The summed E-state index contributed by atoms with van der Waals surface area (Å²) in [5, 5.41) is 12.4. The highest BCUT2D eigenvalue weighted by atomic mass is 19.4. The van der Waals surface area contributed by atoms with E-state index in [2.05, 4.69) is 15.0 Å². The second-order valence-corrected chi connectivity index (χ2v) is 4.90. The first-order valence-electron chi connectivity index (χ1n) is 6.91. The SMILES string of the molecule is OCC[C@@H](c1ccccc1OC(F)(F)F)N1CCNCC1. The molecule has 4 nitrogen and oxygen atoms in total. The molecule has 1 aliphatic heterocycles. The second kappa shape index (κ2) is 7.11. The maximum absolute atomic E-state index is 12.5. The van der Waals surface area contributed by atoms with Crippen LogP contribution < -0.4 is 10.1 Å². The molecule has 0 amide bonds. The Kier molecular flexibility index (Phi) is 5.44. The number of halogens is 3. The fraction of sp³-hybridized carbons (Fsp3) is 0.571. The van der Waals surface area contributed by atoms with Crippen LogP contribution in [0.3, 0.4) is 0 Å². The zero-order chi connectivity index (χ0) is 15.3. The fourth-order valence-corrected chi connectivity index (χ4v) is 2.62. The molecule has 2 N–H and O–H groups in total. The van der Waals surface area contributed by atoms with Crippen LogP contribution in [0.1, 0.15) is 18.0 Å². The molecule has 1 saturated heterocycles. The molecule has 0 aromatic heterocycles. The summed E-state index contributed by atoms with van der Waals surface area (Å²) >= 11 is 0. The van der Waals surface area contributed by atoms with Crippen molar-refractivity contribution in [2.24, 2.45) is 0 Å². The van der Waals surface area contributed by atoms with E-state index < -0.39 is 6.36 Å². The average molecular weight is 304 g/mol. The number of hydrogen-bond acceptors (Lipinski definition) is 4. The highest BCUT2D eigenvalue weighted by molar-refractivity contribution is 5.36. The van der Waals surface area contributed by atoms with Gasteiger partial charge < -0.3 is 15.2 Å². The van der Waals surface area contributed by atoms with Crippen molar-refractivity contribution in [1.29, 1.82) is 0 Å². The molecular formula is C14H19F3N2O2. The van der Waals surface area contributed by atoms with Crippen LogP contribution in [-0.2, 0) is 0 Å². The maximum Gasteiger partial charge on any atom is 0.573 e. The summed E-state index contributed by atoms with van der Waals surface area (Å²) in [6.45, 7) is 2.93. The summed E-state index contributed by atoms with van der Waals surface area (Å²) in [4.78, 5) is 2.07. The highest BCUT2D eigenvalue weighted by Gasteiger charge is 2.33. The Morgan fingerprint density at radius 1 is 1.24 bits per heavy atom. The number of para-hydroxylation sites is 1. The Labute approximate surface area is 121 Å². The lowest BCUT2D eigenvalue weighted by Crippen LogP contribution is -2.45. The van der Waals surface area contributed by atoms with Crippen LogP contribution >= 0.6 is 0 Å². The number of hydrogen-bond donors (Lipinski definition) is 2. The second-order valence-electron chi connectivity index (χ2n) is 4.90. The molecule has 7 heteroatoms. The topological polar surface area (TPSA) is 44.7 Å². The van der Waals surface area contributed by atoms with Gasteiger partial charge in [-0.25, -0.2) is 0 Å². The van der Waals surface area contributed by atoms with E-state index in [-0.39, 0.29) is 18.4 Å². The van der Waals surface area contributed by atoms with E-state index >= 15 is 0 Å². The van der Waals surface area contributed by atoms with Gasteiger partial charge in [-0.1, -0.05) is 18.2 Å². The lowest BCUT2D eigenvalue weighted by atomic mass is 10.0. The molecule has 1 atom stereocenters. The molecule has 1 heterocycles. The predicted molar refractivity (Wildman–Crippen MR) is 72.0 cm³/mol. The molecular weight excluding hydrogens is 285 g/mol. The molecule has 1 aliphatic rings. The first kappa shape index (κ1) is 16.1. The predicted octanol–water partition coefficient (Wildman–Crippen LogP) is 1.91. The van der Waals surface area contributed by atoms with Crippen LogP contribution in [-0.4, -0.2) is 49.2 Å². The van der Waals surface area contributed by atoms with Crippen LogP contribution in [0.25, 0.3) is 0 Å². The molecule has 0 unspecified atom stereocenters. The van der Waals surface area contributed by atoms with Gasteiger partial charge in [0.25, 0.3) is 0 Å². The number of nitrogens with one attached hydrogen (secondary N) is 1. The number of alkyl halides is 3. The van der Waals surface area contributed by atoms with Crippen LogP contribution in [0, 0.1) is 0 Å². The Morgan fingerprint density at radius 2 is 1.90 bits per heavy atom. The van der Waals surface area contributed by atoms with Crippen molar-refractivity contribution in [1.82, 2.24) is 10.2 Å². The van der Waals surface area contributed by atoms with E-state index in [4.69, 9.17) is 0 Å². The molecule has 1 aromatic carbocycles. The zero-order valence-corrected chi connectivity index (χ0v) is 11.6. The van der Waals surface area contributed by atoms with E-state index in [1.54, 1.807) is 12.1 Å². The maximum atomic E-state index is 12.5. The number of nitrogens with zero attached hydrogens (tertiary/aromatic N) is 1. The lowest BCUT2D eigenvalue weighted by molar-refractivity contribution is -0.275. The Balaban J connectivity index is 2.26. The molecule has 0 aliphatic carbocycles. The minimum absolute atomic E-state index is 0.0883. The van der Waals surface area contributed by atoms with Gasteiger partial charge in [-0.2, -0.15) is 0 Å². The molecule has 2 rings (SSSR count). The Morgan fingerprint density at radius 3 is 2.52 bits per heavy atom. The van der Waals surface area contributed by atoms with Crippen molar-refractivity contribution in [3.63, 3.8) is 0 Å². The molecule has 0 spiro atoms. The van der Waals surface area contributed by atoms with Crippen molar-refractivity contribution in [2.75, 3.05) is 32.8 Å². The van der Waals surface area contributed by atoms with E-state index in [0.717, 1.165) is 26.2 Å². The normalized spacial score (nSPS) is 18.5. The molecule has 0 bridgehead atoms. The van der Waals surface area contributed by atoms with Crippen molar-refractivity contribution in [3.8, 4) is 5.75 Å². The number of ether oxygens (including phenoxy) is 1. The molecule has 21 heavy (non-hydrogen) atoms. The van der Waals surface area contributed by atoms with E-state index in [1.807, 2.05) is 0 Å². The third kappa shape index (κ3) is 4.59. The van der Waals surface area contributed by atoms with Gasteiger partial charge in [0.2, 0.25) is 0 Å². The summed E-state index contributed by atoms with van der Waals surface area (Å²) in [5.74, 6) is -0.193. The molecule has 0 radical (unpaired) electrons. The summed E-state index contributed by atoms with van der Waals surface area (Å²) < 4.78 is 41.7. The van der Waals surface area contributed by atoms with E-state index in [9.17, 15) is 18.3 Å². The van der Waals surface area contributed by atoms with Gasteiger partial charge in [-0.05, 0) is 12.5 Å². The van der Waals surface area contributed by atoms with Crippen LogP contribution in [0.4, 0.5) is 13.2 Å². The van der Waals surface area contributed by atoms with E-state index in [1.165, 1.54) is 12.1 Å². The van der Waals surface area contributed by atoms with Crippen LogP contribution in [0.5, 0.6) is 5.75 Å². The third-order valence-electron chi connectivity index (χ3n) is 3.50. The van der Waals surface area contributed by atoms with Crippen LogP contribution in [0.2, 0.25) is 0 Å². The number of piperazine rings is 1. The number of aliphatic hydroxyl groups is 1. The lowest BCUT2D eigenvalue weighted by Gasteiger charge is -2.35. The smallest absolute Gasteiger partial charge is 0.405 e. The average Bonchev–Trinajstić information content (AvgIpc) is 2.45. The van der Waals surface area contributed by atoms with Gasteiger partial charge in [0.15, 0.2) is 0 Å². The highest BCUT2D eigenvalue weighted by Crippen LogP contribution is 2.34. The van der Waals surface area contributed by atoms with Crippen molar-refractivity contribution < 1.29 is 23.0 Å². The van der Waals surface area contributed by atoms with Gasteiger partial charge in [0.05, 0.1) is 0 Å². The van der Waals surface area contributed by atoms with E-state index in [0.29, 0.717) is 12.0 Å². The van der Waals surface area contributed by atoms with Crippen molar-refractivity contribution in [2.45, 2.75) is 18.8 Å². The van der Waals surface area contributed by atoms with Gasteiger partial charge in [-0.3, -0.25) is 4.90 Å². The number of rotatable bonds is 5. The number of benzene rings is 1. The standard InChI is InChI=1S/C14H19F3N2O2/c15-14(16,17)21-13-4-2-1-3-11(13)12(5-10-20)19-8-6-18-7-9-19/h1-4,12,18,20H,5-10H2/t12-/m0/s1. The third-order valence-corrected chi connectivity index (χ3v) is 3.50. The largest absolute Gasteiger partial charge is 0.573 e. The van der Waals surface area contributed by atoms with Gasteiger partial charge in [-0.15, -0.1) is 13.2 Å². The molecule has 1 aromatic rings. The zero-order valence-electron chi connectivity index (χ0n) is 11.6. The monoisotopic (exact) mass is 304 g/mol. The molecule has 0 saturated carbocycles. The Hall–Kier alpha value is -1.31. The molecule has 118 valence electrons. The fourth-order valence-electron chi connectivity index (χ4n) is 2.62. The first-order valence-corrected chi connectivity index (χ1v) is 6.91. The number of aliphatic hydroxyl groups excluding tert-OH is 1. The van der Waals surface area contributed by atoms with Crippen LogP contribution in [0.15, 0.2) is 24.3 Å². The van der Waals surface area contributed by atoms with Gasteiger partial charge in [0.1, 0.15) is 5.75 Å². The summed E-state index contributed by atoms with van der Waals surface area (Å²) in [6.07, 6.45) is -4.35. The minimum Gasteiger partial charge on any atom is -0.405 e. The molecule has 1 fully saturated rings. The van der Waals surface area contributed by atoms with Gasteiger partial charge in [0, 0.05) is 44.4 Å². The minimum atomic E-state index is -4.72. The Bertz CT molecular complexity index is 448. The quantitative estimate of drug-likeness (QED) is 0.872. The van der Waals surface area contributed by atoms with Crippen molar-refractivity contribution in [3.05, 3.63) is 29.8 Å². The van der Waals surface area contributed by atoms with Gasteiger partial charge >= 0.3 is 6.36 Å². The summed E-state index contributed by atoms with van der Waals surface area (Å²) in [6, 6.07) is 5.86. The first-order chi connectivity index (χ1) is 10.0. The van der Waals surface area contributed by atoms with Crippen molar-refractivity contribution >= 4 is 0 Å².